The van der Waals surface area contributed by atoms with Crippen LogP contribution in [0.1, 0.15) is 37.3 Å². The van der Waals surface area contributed by atoms with Crippen molar-refractivity contribution in [2.45, 2.75) is 31.7 Å². The van der Waals surface area contributed by atoms with Crippen molar-refractivity contribution in [1.29, 1.82) is 0 Å². The van der Waals surface area contributed by atoms with Crippen molar-refractivity contribution in [2.24, 2.45) is 0 Å². The summed E-state index contributed by atoms with van der Waals surface area (Å²) in [5, 5.41) is 11.6. The number of likely N-dealkylation sites (tertiary alicyclic amines) is 1. The Labute approximate surface area is 223 Å². The molecule has 2 heterocycles. The lowest BCUT2D eigenvalue weighted by Gasteiger charge is -2.34. The van der Waals surface area contributed by atoms with E-state index in [2.05, 4.69) is 6.58 Å². The molecule has 0 saturated carbocycles. The van der Waals surface area contributed by atoms with E-state index in [9.17, 15) is 19.5 Å². The van der Waals surface area contributed by atoms with Crippen molar-refractivity contribution >= 4 is 29.0 Å². The number of fused-ring (bicyclic) bond motifs is 2. The minimum atomic E-state index is -1.73. The first kappa shape index (κ1) is 27.1. The predicted molar refractivity (Wildman–Crippen MR) is 147 cm³/mol. The molecule has 38 heavy (non-hydrogen) atoms. The first-order chi connectivity index (χ1) is 18.3. The molecule has 1 N–H and O–H groups in total. The molecule has 200 valence electrons. The van der Waals surface area contributed by atoms with Crippen LogP contribution in [-0.2, 0) is 19.9 Å². The number of rotatable bonds is 11. The first-order valence-electron chi connectivity index (χ1n) is 13.0. The molecular weight excluding hydrogens is 482 g/mol. The van der Waals surface area contributed by atoms with Crippen LogP contribution in [0, 0.1) is 0 Å². The van der Waals surface area contributed by atoms with Gasteiger partial charge in [0.1, 0.15) is 18.1 Å². The van der Waals surface area contributed by atoms with Crippen LogP contribution in [0.3, 0.4) is 0 Å². The third kappa shape index (κ3) is 4.49. The summed E-state index contributed by atoms with van der Waals surface area (Å²) in [6.45, 7) is 7.30. The second-order valence-electron chi connectivity index (χ2n) is 9.83. The highest BCUT2D eigenvalue weighted by Crippen LogP contribution is 2.53. The highest BCUT2D eigenvalue weighted by atomic mass is 16.5. The Morgan fingerprint density at radius 3 is 2.42 bits per heavy atom. The summed E-state index contributed by atoms with van der Waals surface area (Å²) >= 11 is 0. The number of aliphatic hydroxyl groups excluding tert-OH is 1. The maximum absolute atomic E-state index is 14.4. The SMILES string of the molecule is C=CCOc1ccc(/C(O)=C2\C(=O)C(=O)N(CCCN(C)C)C23C(=O)N(CCCC)c2ccccc23)cc1. The van der Waals surface area contributed by atoms with Gasteiger partial charge in [-0.15, -0.1) is 0 Å². The molecule has 4 rings (SSSR count). The standard InChI is InChI=1S/C30H35N3O5/c1-5-7-18-32-24-12-9-8-11-23(24)30(29(32)37)25(27(35)28(36)33(30)19-10-17-31(3)4)26(34)21-13-15-22(16-14-21)38-20-6-2/h6,8-9,11-16,34H,2,5,7,10,17-20H2,1,3-4H3/b26-25-. The third-order valence-electron chi connectivity index (χ3n) is 7.03. The smallest absolute Gasteiger partial charge is 0.296 e. The molecule has 1 fully saturated rings. The van der Waals surface area contributed by atoms with Gasteiger partial charge in [0, 0.05) is 24.2 Å². The van der Waals surface area contributed by atoms with Crippen molar-refractivity contribution in [3.8, 4) is 5.75 Å². The molecule has 0 radical (unpaired) electrons. The number of ether oxygens (including phenoxy) is 1. The van der Waals surface area contributed by atoms with Crippen molar-refractivity contribution < 1.29 is 24.2 Å². The van der Waals surface area contributed by atoms with Gasteiger partial charge in [0.15, 0.2) is 5.54 Å². The fourth-order valence-electron chi connectivity index (χ4n) is 5.26. The number of carbonyl (C=O) groups is 3. The van der Waals surface area contributed by atoms with E-state index in [0.717, 1.165) is 12.8 Å². The van der Waals surface area contributed by atoms with Gasteiger partial charge in [-0.1, -0.05) is 44.2 Å². The zero-order chi connectivity index (χ0) is 27.4. The van der Waals surface area contributed by atoms with Gasteiger partial charge in [-0.25, -0.2) is 0 Å². The average Bonchev–Trinajstić information content (AvgIpc) is 3.29. The van der Waals surface area contributed by atoms with E-state index in [0.29, 0.717) is 48.7 Å². The molecule has 8 heteroatoms. The minimum Gasteiger partial charge on any atom is -0.507 e. The summed E-state index contributed by atoms with van der Waals surface area (Å²) in [4.78, 5) is 46.6. The molecule has 1 unspecified atom stereocenters. The van der Waals surface area contributed by atoms with Crippen molar-refractivity contribution in [1.82, 2.24) is 9.80 Å². The van der Waals surface area contributed by atoms with Crippen LogP contribution in [0.15, 0.2) is 66.8 Å². The zero-order valence-corrected chi connectivity index (χ0v) is 22.3. The third-order valence-corrected chi connectivity index (χ3v) is 7.03. The lowest BCUT2D eigenvalue weighted by molar-refractivity contribution is -0.143. The van der Waals surface area contributed by atoms with Gasteiger partial charge in [0.25, 0.3) is 17.6 Å². The lowest BCUT2D eigenvalue weighted by Crippen LogP contribution is -2.52. The Morgan fingerprint density at radius 2 is 1.76 bits per heavy atom. The van der Waals surface area contributed by atoms with Gasteiger partial charge < -0.3 is 24.5 Å². The molecule has 0 aliphatic carbocycles. The van der Waals surface area contributed by atoms with Crippen molar-refractivity contribution in [2.75, 3.05) is 45.2 Å². The number of hydrogen-bond donors (Lipinski definition) is 1. The van der Waals surface area contributed by atoms with E-state index in [1.807, 2.05) is 38.1 Å². The molecule has 2 aliphatic rings. The van der Waals surface area contributed by atoms with Crippen LogP contribution in [0.5, 0.6) is 5.75 Å². The summed E-state index contributed by atoms with van der Waals surface area (Å²) in [5.74, 6) is -1.84. The fraction of sp³-hybridized carbons (Fsp3) is 0.367. The Hall–Kier alpha value is -3.91. The van der Waals surface area contributed by atoms with Crippen molar-refractivity contribution in [3.63, 3.8) is 0 Å². The van der Waals surface area contributed by atoms with Gasteiger partial charge in [-0.3, -0.25) is 14.4 Å². The van der Waals surface area contributed by atoms with Gasteiger partial charge in [-0.05, 0) is 63.8 Å². The largest absolute Gasteiger partial charge is 0.507 e. The van der Waals surface area contributed by atoms with E-state index in [1.165, 1.54) is 4.90 Å². The molecule has 0 bridgehead atoms. The fourth-order valence-corrected chi connectivity index (χ4v) is 5.26. The van der Waals surface area contributed by atoms with Crippen LogP contribution in [0.4, 0.5) is 5.69 Å². The molecule has 0 aromatic heterocycles. The van der Waals surface area contributed by atoms with E-state index >= 15 is 0 Å². The molecule has 2 aromatic carbocycles. The van der Waals surface area contributed by atoms with E-state index in [-0.39, 0.29) is 23.8 Å². The highest BCUT2D eigenvalue weighted by molar-refractivity contribution is 6.50. The molecule has 2 amide bonds. The molecule has 8 nitrogen and oxygen atoms in total. The summed E-state index contributed by atoms with van der Waals surface area (Å²) in [7, 11) is 3.85. The number of unbranched alkanes of at least 4 members (excludes halogenated alkanes) is 1. The van der Waals surface area contributed by atoms with Crippen molar-refractivity contribution in [3.05, 3.63) is 77.9 Å². The normalized spacial score (nSPS) is 20.1. The number of carbonyl (C=O) groups excluding carboxylic acids is 3. The van der Waals surface area contributed by atoms with Gasteiger partial charge in [0.2, 0.25) is 0 Å². The van der Waals surface area contributed by atoms with E-state index < -0.39 is 17.2 Å². The monoisotopic (exact) mass is 517 g/mol. The van der Waals surface area contributed by atoms with Crippen LogP contribution < -0.4 is 9.64 Å². The molecule has 2 aromatic rings. The lowest BCUT2D eigenvalue weighted by atomic mass is 9.82. The number of nitrogens with zero attached hydrogens (tertiary/aromatic N) is 3. The Balaban J connectivity index is 1.91. The quantitative estimate of drug-likeness (QED) is 0.210. The Morgan fingerprint density at radius 1 is 1.05 bits per heavy atom. The Bertz CT molecular complexity index is 1270. The Kier molecular flexibility index (Phi) is 8.02. The number of aliphatic hydroxyl groups is 1. The molecular formula is C30H35N3O5. The van der Waals surface area contributed by atoms with E-state index in [4.69, 9.17) is 4.74 Å². The molecule has 1 spiro atoms. The number of anilines is 1. The zero-order valence-electron chi connectivity index (χ0n) is 22.3. The average molecular weight is 518 g/mol. The molecule has 2 aliphatic heterocycles. The van der Waals surface area contributed by atoms with Crippen LogP contribution >= 0.6 is 0 Å². The second-order valence-corrected chi connectivity index (χ2v) is 9.83. The highest BCUT2D eigenvalue weighted by Gasteiger charge is 2.66. The van der Waals surface area contributed by atoms with Gasteiger partial charge in [-0.2, -0.15) is 0 Å². The number of benzene rings is 2. The number of para-hydroxylation sites is 1. The number of hydrogen-bond acceptors (Lipinski definition) is 6. The van der Waals surface area contributed by atoms with Crippen LogP contribution in [-0.4, -0.2) is 72.8 Å². The second kappa shape index (κ2) is 11.2. The van der Waals surface area contributed by atoms with Crippen LogP contribution in [0.2, 0.25) is 0 Å². The summed E-state index contributed by atoms with van der Waals surface area (Å²) in [6, 6.07) is 13.8. The maximum Gasteiger partial charge on any atom is 0.296 e. The van der Waals surface area contributed by atoms with Gasteiger partial charge >= 0.3 is 0 Å². The summed E-state index contributed by atoms with van der Waals surface area (Å²) < 4.78 is 5.53. The topological polar surface area (TPSA) is 90.4 Å². The maximum atomic E-state index is 14.4. The number of ketones is 1. The molecule has 1 atom stereocenters. The minimum absolute atomic E-state index is 0.190. The number of amides is 2. The summed E-state index contributed by atoms with van der Waals surface area (Å²) in [5.41, 5.74) is -0.406. The summed E-state index contributed by atoms with van der Waals surface area (Å²) in [6.07, 6.45) is 3.81. The first-order valence-corrected chi connectivity index (χ1v) is 13.0. The van der Waals surface area contributed by atoms with Gasteiger partial charge in [0.05, 0.1) is 11.3 Å². The number of Topliss-reactive ketones (excluding diaryl/α,β-unsaturated/α-hetero) is 1. The predicted octanol–water partition coefficient (Wildman–Crippen LogP) is 3.93. The molecule has 1 saturated heterocycles. The van der Waals surface area contributed by atoms with Crippen LogP contribution in [0.25, 0.3) is 5.76 Å². The van der Waals surface area contributed by atoms with E-state index in [1.54, 1.807) is 47.4 Å².